The summed E-state index contributed by atoms with van der Waals surface area (Å²) in [6, 6.07) is 0. The predicted octanol–water partition coefficient (Wildman–Crippen LogP) is 6.38. The van der Waals surface area contributed by atoms with Gasteiger partial charge in [-0.1, -0.05) is 55.4 Å². The van der Waals surface area contributed by atoms with E-state index in [0.717, 1.165) is 12.8 Å². The van der Waals surface area contributed by atoms with E-state index in [0.29, 0.717) is 74.3 Å². The molecular weight excluding hydrogens is 364 g/mol. The Labute approximate surface area is 179 Å². The van der Waals surface area contributed by atoms with Crippen LogP contribution in [0.3, 0.4) is 0 Å². The molecule has 0 atom stereocenters. The van der Waals surface area contributed by atoms with Crippen molar-refractivity contribution in [2.75, 3.05) is 0 Å². The summed E-state index contributed by atoms with van der Waals surface area (Å²) in [5, 5.41) is 0. The first-order valence-corrected chi connectivity index (χ1v) is 11.4. The molecule has 29 heavy (non-hydrogen) atoms. The fourth-order valence-corrected chi connectivity index (χ4v) is 2.90. The van der Waals surface area contributed by atoms with Crippen molar-refractivity contribution >= 4 is 23.1 Å². The van der Waals surface area contributed by atoms with Gasteiger partial charge in [0, 0.05) is 50.9 Å². The van der Waals surface area contributed by atoms with Crippen molar-refractivity contribution in [3.8, 4) is 0 Å². The number of ketones is 4. The highest BCUT2D eigenvalue weighted by molar-refractivity contribution is 5.82. The number of rotatable bonds is 15. The summed E-state index contributed by atoms with van der Waals surface area (Å²) in [5.74, 6) is 2.55. The molecule has 0 rings (SSSR count). The minimum absolute atomic E-state index is 0.107. The van der Waals surface area contributed by atoms with Gasteiger partial charge in [-0.2, -0.15) is 0 Å². The second kappa shape index (κ2) is 17.5. The minimum atomic E-state index is 0.107. The van der Waals surface area contributed by atoms with E-state index < -0.39 is 0 Å². The molecular formula is C25H46O4. The maximum Gasteiger partial charge on any atom is 0.135 e. The Bertz CT molecular complexity index is 465. The van der Waals surface area contributed by atoms with Crippen LogP contribution in [0.25, 0.3) is 0 Å². The van der Waals surface area contributed by atoms with E-state index in [1.807, 2.05) is 55.4 Å². The van der Waals surface area contributed by atoms with Crippen LogP contribution in [0.5, 0.6) is 0 Å². The summed E-state index contributed by atoms with van der Waals surface area (Å²) in [6.45, 7) is 16.1. The maximum atomic E-state index is 11.3. The third-order valence-corrected chi connectivity index (χ3v) is 4.34. The lowest BCUT2D eigenvalue weighted by Crippen LogP contribution is -2.08. The van der Waals surface area contributed by atoms with Gasteiger partial charge in [-0.25, -0.2) is 0 Å². The van der Waals surface area contributed by atoms with Crippen molar-refractivity contribution in [3.05, 3.63) is 0 Å². The van der Waals surface area contributed by atoms with Gasteiger partial charge in [-0.05, 0) is 30.6 Å². The Morgan fingerprint density at radius 3 is 1.00 bits per heavy atom. The summed E-state index contributed by atoms with van der Waals surface area (Å²) < 4.78 is 0. The fraction of sp³-hybridized carbons (Fsp3) is 0.840. The highest BCUT2D eigenvalue weighted by Gasteiger charge is 2.10. The summed E-state index contributed by atoms with van der Waals surface area (Å²) in [7, 11) is 0. The number of carbonyl (C=O) groups excluding carboxylic acids is 4. The molecule has 0 aliphatic rings. The molecule has 0 aromatic heterocycles. The Kier molecular flexibility index (Phi) is 18.1. The zero-order valence-corrected chi connectivity index (χ0v) is 20.3. The van der Waals surface area contributed by atoms with Gasteiger partial charge in [0.2, 0.25) is 0 Å². The molecule has 0 bridgehead atoms. The van der Waals surface area contributed by atoms with E-state index in [1.165, 1.54) is 0 Å². The third kappa shape index (κ3) is 22.8. The average molecular weight is 411 g/mol. The SMILES string of the molecule is CC(C)CC(=O)CCCC(=O)C(C)C.CC(C)CC(=O)CCCC(=O)CC(C)C. The number of hydrogen-bond donors (Lipinski definition) is 0. The van der Waals surface area contributed by atoms with E-state index in [-0.39, 0.29) is 17.5 Å². The van der Waals surface area contributed by atoms with E-state index in [1.54, 1.807) is 0 Å². The smallest absolute Gasteiger partial charge is 0.135 e. The van der Waals surface area contributed by atoms with Crippen LogP contribution in [0.15, 0.2) is 0 Å². The lowest BCUT2D eigenvalue weighted by Gasteiger charge is -2.05. The molecule has 0 aromatic rings. The van der Waals surface area contributed by atoms with E-state index >= 15 is 0 Å². The molecule has 4 heteroatoms. The first-order chi connectivity index (χ1) is 13.3. The minimum Gasteiger partial charge on any atom is -0.300 e. The highest BCUT2D eigenvalue weighted by atomic mass is 16.1. The molecule has 0 N–H and O–H groups in total. The van der Waals surface area contributed by atoms with Crippen molar-refractivity contribution in [1.29, 1.82) is 0 Å². The highest BCUT2D eigenvalue weighted by Crippen LogP contribution is 2.10. The monoisotopic (exact) mass is 410 g/mol. The second-order valence-corrected chi connectivity index (χ2v) is 9.74. The molecule has 0 amide bonds. The maximum absolute atomic E-state index is 11.3. The van der Waals surface area contributed by atoms with Crippen LogP contribution in [0.4, 0.5) is 0 Å². The first kappa shape index (κ1) is 29.9. The van der Waals surface area contributed by atoms with Gasteiger partial charge in [-0.15, -0.1) is 0 Å². The van der Waals surface area contributed by atoms with Crippen molar-refractivity contribution in [2.45, 2.75) is 113 Å². The van der Waals surface area contributed by atoms with Crippen LogP contribution in [-0.4, -0.2) is 23.1 Å². The molecule has 0 saturated heterocycles. The lowest BCUT2D eigenvalue weighted by atomic mass is 9.99. The van der Waals surface area contributed by atoms with E-state index in [4.69, 9.17) is 0 Å². The summed E-state index contributed by atoms with van der Waals surface area (Å²) >= 11 is 0. The molecule has 0 aliphatic carbocycles. The predicted molar refractivity (Wildman–Crippen MR) is 121 cm³/mol. The zero-order valence-electron chi connectivity index (χ0n) is 20.3. The Morgan fingerprint density at radius 2 is 0.759 bits per heavy atom. The van der Waals surface area contributed by atoms with Crippen molar-refractivity contribution in [2.24, 2.45) is 23.7 Å². The van der Waals surface area contributed by atoms with Crippen LogP contribution in [0, 0.1) is 23.7 Å². The van der Waals surface area contributed by atoms with Gasteiger partial charge in [0.05, 0.1) is 0 Å². The first-order valence-electron chi connectivity index (χ1n) is 11.4. The van der Waals surface area contributed by atoms with Crippen LogP contribution in [0.2, 0.25) is 0 Å². The van der Waals surface area contributed by atoms with Gasteiger partial charge in [0.15, 0.2) is 0 Å². The lowest BCUT2D eigenvalue weighted by molar-refractivity contribution is -0.123. The largest absolute Gasteiger partial charge is 0.300 e. The molecule has 0 aromatic carbocycles. The molecule has 0 aliphatic heterocycles. The molecule has 0 radical (unpaired) electrons. The molecule has 0 spiro atoms. The zero-order chi connectivity index (χ0) is 23.0. The Hall–Kier alpha value is -1.32. The standard InChI is InChI=1S/C13H24O2.C12H22O2/c1-10(2)8-12(14)6-5-7-13(15)9-11(3)4;1-9(2)8-11(13)6-5-7-12(14)10(3)4/h10-11H,5-9H2,1-4H3;9-10H,5-8H2,1-4H3. The van der Waals surface area contributed by atoms with Crippen molar-refractivity contribution < 1.29 is 19.2 Å². The van der Waals surface area contributed by atoms with Crippen LogP contribution in [-0.2, 0) is 19.2 Å². The van der Waals surface area contributed by atoms with Crippen LogP contribution < -0.4 is 0 Å². The van der Waals surface area contributed by atoms with Crippen molar-refractivity contribution in [1.82, 2.24) is 0 Å². The fourth-order valence-electron chi connectivity index (χ4n) is 2.90. The molecule has 0 saturated carbocycles. The molecule has 0 unspecified atom stereocenters. The average Bonchev–Trinajstić information content (AvgIpc) is 2.52. The second-order valence-electron chi connectivity index (χ2n) is 9.74. The molecule has 4 nitrogen and oxygen atoms in total. The van der Waals surface area contributed by atoms with Crippen molar-refractivity contribution in [3.63, 3.8) is 0 Å². The third-order valence-electron chi connectivity index (χ3n) is 4.34. The molecule has 0 fully saturated rings. The number of hydrogen-bond acceptors (Lipinski definition) is 4. The van der Waals surface area contributed by atoms with E-state index in [2.05, 4.69) is 0 Å². The van der Waals surface area contributed by atoms with Gasteiger partial charge in [0.1, 0.15) is 23.1 Å². The van der Waals surface area contributed by atoms with Gasteiger partial charge < -0.3 is 0 Å². The summed E-state index contributed by atoms with van der Waals surface area (Å²) in [6.07, 6.45) is 5.68. The van der Waals surface area contributed by atoms with Crippen LogP contribution >= 0.6 is 0 Å². The van der Waals surface area contributed by atoms with Gasteiger partial charge in [-0.3, -0.25) is 19.2 Å². The number of carbonyl (C=O) groups is 4. The van der Waals surface area contributed by atoms with Gasteiger partial charge >= 0.3 is 0 Å². The Morgan fingerprint density at radius 1 is 0.483 bits per heavy atom. The molecule has 0 heterocycles. The summed E-state index contributed by atoms with van der Waals surface area (Å²) in [5.41, 5.74) is 0. The summed E-state index contributed by atoms with van der Waals surface area (Å²) in [4.78, 5) is 45.2. The topological polar surface area (TPSA) is 68.3 Å². The Balaban J connectivity index is 0. The van der Waals surface area contributed by atoms with Gasteiger partial charge in [0.25, 0.3) is 0 Å². The van der Waals surface area contributed by atoms with E-state index in [9.17, 15) is 19.2 Å². The number of Topliss-reactive ketones (excluding diaryl/α,β-unsaturated/α-hetero) is 4. The normalized spacial score (nSPS) is 11.0. The molecule has 170 valence electrons. The van der Waals surface area contributed by atoms with Crippen LogP contribution in [0.1, 0.15) is 113 Å². The quantitative estimate of drug-likeness (QED) is 0.314.